The second kappa shape index (κ2) is 10.7. The van der Waals surface area contributed by atoms with Crippen molar-refractivity contribution in [1.29, 1.82) is 0 Å². The Labute approximate surface area is 225 Å². The number of aromatic carboxylic acids is 1. The summed E-state index contributed by atoms with van der Waals surface area (Å²) in [6, 6.07) is 5.48. The lowest BCUT2D eigenvalue weighted by Crippen LogP contribution is -2.55. The highest BCUT2D eigenvalue weighted by Gasteiger charge is 2.36. The van der Waals surface area contributed by atoms with E-state index in [0.29, 0.717) is 19.3 Å². The van der Waals surface area contributed by atoms with E-state index in [1.807, 2.05) is 20.9 Å². The predicted octanol–water partition coefficient (Wildman–Crippen LogP) is 4.82. The van der Waals surface area contributed by atoms with E-state index in [9.17, 15) is 31.9 Å². The molecule has 1 aliphatic heterocycles. The molecule has 0 aliphatic carbocycles. The molecule has 0 radical (unpaired) electrons. The Morgan fingerprint density at radius 3 is 2.23 bits per heavy atom. The summed E-state index contributed by atoms with van der Waals surface area (Å²) in [6.45, 7) is 4.68. The third-order valence-electron chi connectivity index (χ3n) is 7.02. The number of alkyl halides is 3. The van der Waals surface area contributed by atoms with Crippen LogP contribution in [0.25, 0.3) is 11.1 Å². The van der Waals surface area contributed by atoms with Crippen molar-refractivity contribution in [1.82, 2.24) is 9.88 Å². The third-order valence-corrected chi connectivity index (χ3v) is 7.02. The summed E-state index contributed by atoms with van der Waals surface area (Å²) in [5.41, 5.74) is -4.15. The number of anilines is 2. The maximum Gasteiger partial charge on any atom is 0.417 e. The number of pyridine rings is 1. The predicted molar refractivity (Wildman–Crippen MR) is 138 cm³/mol. The number of carboxylic acids is 1. The summed E-state index contributed by atoms with van der Waals surface area (Å²) >= 11 is 0. The Morgan fingerprint density at radius 1 is 1.00 bits per heavy atom. The maximum atomic E-state index is 15.5. The van der Waals surface area contributed by atoms with Crippen LogP contribution in [0.3, 0.4) is 0 Å². The molecular formula is C27H25F5N4O4. The molecule has 13 heteroatoms. The molecule has 0 spiro atoms. The summed E-state index contributed by atoms with van der Waals surface area (Å²) in [5.74, 6) is -4.68. The van der Waals surface area contributed by atoms with Gasteiger partial charge in [-0.1, -0.05) is 6.07 Å². The number of amides is 1. The average Bonchev–Trinajstić information content (AvgIpc) is 2.86. The largest absolute Gasteiger partial charge is 0.478 e. The van der Waals surface area contributed by atoms with Gasteiger partial charge in [-0.05, 0) is 50.7 Å². The number of halogens is 5. The number of piperazine rings is 1. The van der Waals surface area contributed by atoms with Crippen molar-refractivity contribution in [2.24, 2.45) is 0 Å². The third kappa shape index (κ3) is 5.69. The number of carboxylic acid groups (broad SMARTS) is 1. The monoisotopic (exact) mass is 564 g/mol. The zero-order valence-corrected chi connectivity index (χ0v) is 21.6. The van der Waals surface area contributed by atoms with Gasteiger partial charge in [0.15, 0.2) is 0 Å². The van der Waals surface area contributed by atoms with Gasteiger partial charge in [-0.3, -0.25) is 14.5 Å². The number of likely N-dealkylation sites (N-methyl/N-ethyl adjacent to an activating group) is 1. The smallest absolute Gasteiger partial charge is 0.417 e. The number of aromatic amines is 1. The quantitative estimate of drug-likeness (QED) is 0.384. The van der Waals surface area contributed by atoms with E-state index >= 15 is 4.39 Å². The van der Waals surface area contributed by atoms with Crippen LogP contribution < -0.4 is 15.8 Å². The zero-order valence-electron chi connectivity index (χ0n) is 21.6. The molecule has 2 aromatic carbocycles. The van der Waals surface area contributed by atoms with Gasteiger partial charge in [-0.25, -0.2) is 13.6 Å². The topological polar surface area (TPSA) is 106 Å². The number of benzene rings is 2. The molecule has 8 nitrogen and oxygen atoms in total. The zero-order chi connectivity index (χ0) is 29.5. The molecule has 0 saturated carbocycles. The van der Waals surface area contributed by atoms with Crippen LogP contribution >= 0.6 is 0 Å². The first kappa shape index (κ1) is 28.7. The van der Waals surface area contributed by atoms with Crippen molar-refractivity contribution in [3.05, 3.63) is 81.3 Å². The summed E-state index contributed by atoms with van der Waals surface area (Å²) in [7, 11) is 1.92. The lowest BCUT2D eigenvalue weighted by atomic mass is 10.00. The lowest BCUT2D eigenvalue weighted by Gasteiger charge is -2.44. The van der Waals surface area contributed by atoms with Gasteiger partial charge in [0.1, 0.15) is 11.6 Å². The Kier molecular flexibility index (Phi) is 7.70. The van der Waals surface area contributed by atoms with Crippen LogP contribution in [0.5, 0.6) is 0 Å². The summed E-state index contributed by atoms with van der Waals surface area (Å²) in [5, 5.41) is 11.5. The minimum atomic E-state index is -5.01. The summed E-state index contributed by atoms with van der Waals surface area (Å²) in [6.07, 6.45) is -4.37. The highest BCUT2D eigenvalue weighted by molar-refractivity contribution is 6.07. The Bertz CT molecular complexity index is 1530. The van der Waals surface area contributed by atoms with Gasteiger partial charge < -0.3 is 20.3 Å². The van der Waals surface area contributed by atoms with Crippen LogP contribution in [0.1, 0.15) is 40.1 Å². The number of nitrogens with zero attached hydrogens (tertiary/aromatic N) is 2. The normalized spacial score (nSPS) is 18.1. The standard InChI is InChI=1S/C27H25F5N4O4/c1-13-11-36(12-14(2)35(13)3)23-9-21(29)17(15-4-5-16(26(39)40)20(28)6-15)7-22(23)34-25(38)18-10-33-24(37)8-19(18)27(30,31)32/h4-10,13-14H,11-12H2,1-3H3,(H,33,37)(H,34,38)(H,39,40)/t13-,14+. The Hall–Kier alpha value is -4.26. The molecule has 40 heavy (non-hydrogen) atoms. The molecule has 3 aromatic rings. The fourth-order valence-corrected chi connectivity index (χ4v) is 4.69. The van der Waals surface area contributed by atoms with Crippen LogP contribution in [0, 0.1) is 11.6 Å². The van der Waals surface area contributed by atoms with E-state index in [2.05, 4.69) is 15.2 Å². The molecule has 4 rings (SSSR count). The Morgan fingerprint density at radius 2 is 1.65 bits per heavy atom. The molecule has 2 atom stereocenters. The van der Waals surface area contributed by atoms with E-state index in [0.717, 1.165) is 24.3 Å². The Balaban J connectivity index is 1.84. The second-order valence-corrected chi connectivity index (χ2v) is 9.69. The SMILES string of the molecule is C[C@@H]1CN(c2cc(F)c(-c3ccc(C(=O)O)c(F)c3)cc2NC(=O)c2c[nH]c(=O)cc2C(F)(F)F)C[C@H](C)N1C. The number of nitrogens with one attached hydrogen (secondary N) is 2. The van der Waals surface area contributed by atoms with Crippen LogP contribution in [-0.4, -0.2) is 59.1 Å². The minimum Gasteiger partial charge on any atom is -0.478 e. The molecule has 0 unspecified atom stereocenters. The number of H-pyrrole nitrogens is 1. The summed E-state index contributed by atoms with van der Waals surface area (Å²) < 4.78 is 70.7. The number of carbonyl (C=O) groups is 2. The second-order valence-electron chi connectivity index (χ2n) is 9.69. The number of rotatable bonds is 5. The van der Waals surface area contributed by atoms with Gasteiger partial charge in [-0.2, -0.15) is 13.2 Å². The van der Waals surface area contributed by atoms with Crippen LogP contribution in [0.2, 0.25) is 0 Å². The molecule has 1 saturated heterocycles. The van der Waals surface area contributed by atoms with E-state index in [-0.39, 0.29) is 40.7 Å². The van der Waals surface area contributed by atoms with Crippen LogP contribution in [0.4, 0.5) is 33.3 Å². The van der Waals surface area contributed by atoms with Crippen molar-refractivity contribution < 1.29 is 36.6 Å². The highest BCUT2D eigenvalue weighted by Crippen LogP contribution is 2.37. The first-order chi connectivity index (χ1) is 18.7. The van der Waals surface area contributed by atoms with Gasteiger partial charge >= 0.3 is 12.1 Å². The molecule has 212 valence electrons. The van der Waals surface area contributed by atoms with E-state index in [1.165, 1.54) is 6.07 Å². The van der Waals surface area contributed by atoms with Gasteiger partial charge in [0.2, 0.25) is 5.56 Å². The first-order valence-corrected chi connectivity index (χ1v) is 12.1. The number of aromatic nitrogens is 1. The number of hydrogen-bond donors (Lipinski definition) is 3. The molecule has 1 amide bonds. The molecule has 2 heterocycles. The molecule has 1 aromatic heterocycles. The maximum absolute atomic E-state index is 15.5. The molecule has 1 aliphatic rings. The van der Waals surface area contributed by atoms with E-state index < -0.39 is 51.9 Å². The van der Waals surface area contributed by atoms with Crippen molar-refractivity contribution in [3.63, 3.8) is 0 Å². The van der Waals surface area contributed by atoms with Gasteiger partial charge in [0, 0.05) is 43.0 Å². The highest BCUT2D eigenvalue weighted by atomic mass is 19.4. The van der Waals surface area contributed by atoms with Crippen LogP contribution in [-0.2, 0) is 6.18 Å². The van der Waals surface area contributed by atoms with Gasteiger partial charge in [0.25, 0.3) is 5.91 Å². The van der Waals surface area contributed by atoms with E-state index in [1.54, 1.807) is 4.90 Å². The van der Waals surface area contributed by atoms with Gasteiger partial charge in [-0.15, -0.1) is 0 Å². The average molecular weight is 565 g/mol. The molecule has 0 bridgehead atoms. The number of hydrogen-bond acceptors (Lipinski definition) is 5. The van der Waals surface area contributed by atoms with Gasteiger partial charge in [0.05, 0.1) is 28.1 Å². The number of carbonyl (C=O) groups excluding carboxylic acids is 1. The van der Waals surface area contributed by atoms with Crippen molar-refractivity contribution in [2.75, 3.05) is 30.4 Å². The van der Waals surface area contributed by atoms with Crippen molar-refractivity contribution >= 4 is 23.3 Å². The van der Waals surface area contributed by atoms with Crippen molar-refractivity contribution in [2.45, 2.75) is 32.1 Å². The first-order valence-electron chi connectivity index (χ1n) is 12.1. The molecular weight excluding hydrogens is 539 g/mol. The van der Waals surface area contributed by atoms with Crippen LogP contribution in [0.15, 0.2) is 47.4 Å². The molecule has 1 fully saturated rings. The lowest BCUT2D eigenvalue weighted by molar-refractivity contribution is -0.138. The summed E-state index contributed by atoms with van der Waals surface area (Å²) in [4.78, 5) is 41.8. The molecule has 3 N–H and O–H groups in total. The fourth-order valence-electron chi connectivity index (χ4n) is 4.69. The van der Waals surface area contributed by atoms with Crippen molar-refractivity contribution in [3.8, 4) is 11.1 Å². The fraction of sp³-hybridized carbons (Fsp3) is 0.296. The minimum absolute atomic E-state index is 0.00345. The van der Waals surface area contributed by atoms with E-state index in [4.69, 9.17) is 5.11 Å².